The molecule has 0 saturated heterocycles. The van der Waals surface area contributed by atoms with Gasteiger partial charge in [0.1, 0.15) is 23.4 Å². The number of anilines is 1. The monoisotopic (exact) mass is 510 g/mol. The molecule has 1 heterocycles. The normalized spacial score (nSPS) is 15.6. The van der Waals surface area contributed by atoms with Gasteiger partial charge >= 0.3 is 11.9 Å². The van der Waals surface area contributed by atoms with Gasteiger partial charge in [0.2, 0.25) is 0 Å². The number of allylic oxidation sites excluding steroid dienone is 1. The van der Waals surface area contributed by atoms with E-state index in [1.165, 1.54) is 6.07 Å². The van der Waals surface area contributed by atoms with Crippen LogP contribution in [-0.4, -0.2) is 26.2 Å². The number of hydrogen-bond donors (Lipinski definition) is 1. The molecular formula is C23H16BrFN4O4. The van der Waals surface area contributed by atoms with Crippen LogP contribution < -0.4 is 10.6 Å². The van der Waals surface area contributed by atoms with Crippen LogP contribution in [0.2, 0.25) is 0 Å². The summed E-state index contributed by atoms with van der Waals surface area (Å²) in [6.07, 6.45) is 0. The molecule has 33 heavy (non-hydrogen) atoms. The van der Waals surface area contributed by atoms with Crippen LogP contribution in [0.1, 0.15) is 17.0 Å². The van der Waals surface area contributed by atoms with Crippen molar-refractivity contribution in [2.24, 2.45) is 5.73 Å². The first-order valence-electron chi connectivity index (χ1n) is 9.35. The predicted octanol–water partition coefficient (Wildman–Crippen LogP) is 3.36. The third-order valence-corrected chi connectivity index (χ3v) is 5.64. The molecule has 1 unspecified atom stereocenters. The lowest BCUT2D eigenvalue weighted by Crippen LogP contribution is -2.41. The number of halogens is 2. The van der Waals surface area contributed by atoms with Gasteiger partial charge in [-0.2, -0.15) is 10.5 Å². The van der Waals surface area contributed by atoms with Crippen LogP contribution in [0.4, 0.5) is 10.1 Å². The van der Waals surface area contributed by atoms with Gasteiger partial charge in [-0.1, -0.05) is 30.3 Å². The quantitative estimate of drug-likeness (QED) is 0.619. The average molecular weight is 511 g/mol. The van der Waals surface area contributed by atoms with E-state index >= 15 is 0 Å². The third-order valence-electron chi connectivity index (χ3n) is 5.01. The maximum absolute atomic E-state index is 14.5. The van der Waals surface area contributed by atoms with Gasteiger partial charge in [-0.25, -0.2) is 14.0 Å². The number of nitrogens with two attached hydrogens (primary N) is 1. The number of carbonyl (C=O) groups is 2. The molecular weight excluding hydrogens is 495 g/mol. The molecule has 1 aliphatic heterocycles. The summed E-state index contributed by atoms with van der Waals surface area (Å²) in [5, 5.41) is 19.1. The van der Waals surface area contributed by atoms with E-state index < -0.39 is 23.7 Å². The SMILES string of the molecule is COC(=O)C1=C(C(=O)OC)N(c2cc(F)c(C#N)cc2Br)C(N)=C(C#N)C1c1ccccc1. The van der Waals surface area contributed by atoms with Crippen molar-refractivity contribution in [2.75, 3.05) is 19.1 Å². The van der Waals surface area contributed by atoms with E-state index in [1.54, 1.807) is 36.4 Å². The number of benzene rings is 2. The Balaban J connectivity index is 2.46. The zero-order valence-corrected chi connectivity index (χ0v) is 19.0. The van der Waals surface area contributed by atoms with Gasteiger partial charge in [0, 0.05) is 10.5 Å². The molecule has 0 aromatic heterocycles. The summed E-state index contributed by atoms with van der Waals surface area (Å²) in [7, 11) is 2.23. The Morgan fingerprint density at radius 1 is 1.09 bits per heavy atom. The Bertz CT molecular complexity index is 1290. The second-order valence-electron chi connectivity index (χ2n) is 6.73. The molecule has 2 aromatic rings. The Morgan fingerprint density at radius 2 is 1.73 bits per heavy atom. The molecule has 8 nitrogen and oxygen atoms in total. The Morgan fingerprint density at radius 3 is 2.27 bits per heavy atom. The first-order valence-corrected chi connectivity index (χ1v) is 10.1. The first kappa shape index (κ1) is 23.5. The minimum atomic E-state index is -1.05. The number of nitrogens with zero attached hydrogens (tertiary/aromatic N) is 3. The highest BCUT2D eigenvalue weighted by Crippen LogP contribution is 2.45. The van der Waals surface area contributed by atoms with Crippen LogP contribution in [0.5, 0.6) is 0 Å². The van der Waals surface area contributed by atoms with Gasteiger partial charge in [0.15, 0.2) is 0 Å². The molecule has 0 amide bonds. The summed E-state index contributed by atoms with van der Waals surface area (Å²) >= 11 is 3.25. The highest BCUT2D eigenvalue weighted by Gasteiger charge is 2.43. The van der Waals surface area contributed by atoms with Gasteiger partial charge in [-0.05, 0) is 27.6 Å². The molecule has 2 N–H and O–H groups in total. The lowest BCUT2D eigenvalue weighted by atomic mass is 9.81. The van der Waals surface area contributed by atoms with Crippen molar-refractivity contribution < 1.29 is 23.5 Å². The minimum Gasteiger partial charge on any atom is -0.466 e. The Labute approximate surface area is 197 Å². The van der Waals surface area contributed by atoms with Gasteiger partial charge in [0.25, 0.3) is 0 Å². The number of methoxy groups -OCH3 is 2. The first-order chi connectivity index (χ1) is 15.8. The van der Waals surface area contributed by atoms with E-state index in [0.717, 1.165) is 25.2 Å². The Kier molecular flexibility index (Phi) is 6.80. The molecule has 1 atom stereocenters. The van der Waals surface area contributed by atoms with Crippen molar-refractivity contribution in [1.82, 2.24) is 0 Å². The molecule has 10 heteroatoms. The van der Waals surface area contributed by atoms with E-state index in [1.807, 2.05) is 6.07 Å². The van der Waals surface area contributed by atoms with E-state index in [-0.39, 0.29) is 38.4 Å². The molecule has 3 rings (SSSR count). The summed E-state index contributed by atoms with van der Waals surface area (Å²) in [5.41, 5.74) is 5.95. The number of nitriles is 2. The third kappa shape index (κ3) is 4.04. The predicted molar refractivity (Wildman–Crippen MR) is 118 cm³/mol. The zero-order valence-electron chi connectivity index (χ0n) is 17.4. The number of esters is 2. The van der Waals surface area contributed by atoms with Gasteiger partial charge in [-0.3, -0.25) is 4.90 Å². The van der Waals surface area contributed by atoms with Crippen LogP contribution >= 0.6 is 15.9 Å². The maximum Gasteiger partial charge on any atom is 0.355 e. The van der Waals surface area contributed by atoms with E-state index in [2.05, 4.69) is 15.9 Å². The molecule has 0 saturated carbocycles. The van der Waals surface area contributed by atoms with E-state index in [9.17, 15) is 19.2 Å². The second kappa shape index (κ2) is 9.55. The lowest BCUT2D eigenvalue weighted by molar-refractivity contribution is -0.139. The standard InChI is InChI=1S/C23H16BrFN4O4/c1-32-22(30)19-18(12-6-4-3-5-7-12)14(11-27)21(28)29(20(19)23(31)33-2)17-9-16(25)13(10-26)8-15(17)24/h3-9,18H,28H2,1-2H3. The summed E-state index contributed by atoms with van der Waals surface area (Å²) in [6, 6.07) is 14.4. The van der Waals surface area contributed by atoms with Crippen molar-refractivity contribution in [3.8, 4) is 12.1 Å². The number of hydrogen-bond acceptors (Lipinski definition) is 8. The molecule has 0 bridgehead atoms. The smallest absolute Gasteiger partial charge is 0.355 e. The second-order valence-corrected chi connectivity index (χ2v) is 7.58. The molecule has 1 aliphatic rings. The fourth-order valence-corrected chi connectivity index (χ4v) is 4.08. The molecule has 0 aliphatic carbocycles. The number of rotatable bonds is 4. The average Bonchev–Trinajstić information content (AvgIpc) is 2.84. The highest BCUT2D eigenvalue weighted by molar-refractivity contribution is 9.10. The van der Waals surface area contributed by atoms with Crippen LogP contribution in [0.3, 0.4) is 0 Å². The summed E-state index contributed by atoms with van der Waals surface area (Å²) in [6.45, 7) is 0. The lowest BCUT2D eigenvalue weighted by Gasteiger charge is -2.36. The largest absolute Gasteiger partial charge is 0.466 e. The molecule has 0 spiro atoms. The Hall–Kier alpha value is -4.15. The molecule has 2 aromatic carbocycles. The van der Waals surface area contributed by atoms with Crippen molar-refractivity contribution >= 4 is 33.6 Å². The van der Waals surface area contributed by atoms with E-state index in [0.29, 0.717) is 5.56 Å². The van der Waals surface area contributed by atoms with Crippen LogP contribution in [-0.2, 0) is 19.1 Å². The van der Waals surface area contributed by atoms with Gasteiger partial charge < -0.3 is 15.2 Å². The van der Waals surface area contributed by atoms with Crippen molar-refractivity contribution in [1.29, 1.82) is 10.5 Å². The van der Waals surface area contributed by atoms with Gasteiger partial charge in [0.05, 0.1) is 48.6 Å². The number of ether oxygens (including phenoxy) is 2. The van der Waals surface area contributed by atoms with Crippen molar-refractivity contribution in [3.05, 3.63) is 86.5 Å². The minimum absolute atomic E-state index is 0.0231. The van der Waals surface area contributed by atoms with Crippen molar-refractivity contribution in [3.63, 3.8) is 0 Å². The zero-order chi connectivity index (χ0) is 24.3. The topological polar surface area (TPSA) is 129 Å². The highest BCUT2D eigenvalue weighted by atomic mass is 79.9. The molecule has 0 radical (unpaired) electrons. The fourth-order valence-electron chi connectivity index (χ4n) is 3.56. The van der Waals surface area contributed by atoms with Gasteiger partial charge in [-0.15, -0.1) is 0 Å². The van der Waals surface area contributed by atoms with E-state index in [4.69, 9.17) is 20.5 Å². The summed E-state index contributed by atoms with van der Waals surface area (Å²) in [4.78, 5) is 27.0. The summed E-state index contributed by atoms with van der Waals surface area (Å²) in [5.74, 6) is -4.02. The van der Waals surface area contributed by atoms with Crippen LogP contribution in [0.15, 0.2) is 69.6 Å². The van der Waals surface area contributed by atoms with Crippen LogP contribution in [0, 0.1) is 28.5 Å². The molecule has 166 valence electrons. The summed E-state index contributed by atoms with van der Waals surface area (Å²) < 4.78 is 24.6. The fraction of sp³-hybridized carbons (Fsp3) is 0.130. The number of carbonyl (C=O) groups excluding carboxylic acids is 2. The van der Waals surface area contributed by atoms with Crippen LogP contribution in [0.25, 0.3) is 0 Å². The maximum atomic E-state index is 14.5. The van der Waals surface area contributed by atoms with Crippen molar-refractivity contribution in [2.45, 2.75) is 5.92 Å². The molecule has 0 fully saturated rings.